The first kappa shape index (κ1) is 17.7. The van der Waals surface area contributed by atoms with E-state index in [9.17, 15) is 10.1 Å². The molecule has 138 valence electrons. The molecule has 8 heteroatoms. The monoisotopic (exact) mass is 388 g/mol. The van der Waals surface area contributed by atoms with E-state index < -0.39 is 0 Å². The van der Waals surface area contributed by atoms with Crippen LogP contribution in [0.4, 0.5) is 5.69 Å². The molecule has 0 amide bonds. The summed E-state index contributed by atoms with van der Waals surface area (Å²) in [5.41, 5.74) is 5.27. The lowest BCUT2D eigenvalue weighted by Gasteiger charge is -2.07. The zero-order valence-corrected chi connectivity index (χ0v) is 16.1. The minimum atomic E-state index is -0.239. The minimum Gasteiger partial charge on any atom is -0.283 e. The van der Waals surface area contributed by atoms with Gasteiger partial charge in [-0.05, 0) is 31.2 Å². The van der Waals surface area contributed by atoms with Gasteiger partial charge in [-0.2, -0.15) is 10.4 Å². The fraction of sp³-hybridized carbons (Fsp3) is 0.100. The van der Waals surface area contributed by atoms with E-state index in [4.69, 9.17) is 0 Å². The molecular formula is C20H16N6OS. The first-order chi connectivity index (χ1) is 13.6. The Bertz CT molecular complexity index is 1260. The van der Waals surface area contributed by atoms with Crippen LogP contribution in [0, 0.1) is 18.3 Å². The number of hydrazone groups is 1. The molecule has 0 aliphatic carbocycles. The molecule has 1 N–H and O–H groups in total. The summed E-state index contributed by atoms with van der Waals surface area (Å²) in [6.45, 7) is 1.82. The van der Waals surface area contributed by atoms with Crippen LogP contribution in [0.5, 0.6) is 0 Å². The third kappa shape index (κ3) is 2.98. The lowest BCUT2D eigenvalue weighted by molar-refractivity contribution is 0.630. The second-order valence-corrected chi connectivity index (χ2v) is 7.14. The summed E-state index contributed by atoms with van der Waals surface area (Å²) in [6, 6.07) is 19.1. The van der Waals surface area contributed by atoms with Crippen LogP contribution in [-0.2, 0) is 7.05 Å². The van der Waals surface area contributed by atoms with E-state index >= 15 is 0 Å². The molecule has 0 aliphatic rings. The fourth-order valence-electron chi connectivity index (χ4n) is 2.90. The number of fused-ring (bicyclic) bond motifs is 1. The average Bonchev–Trinajstić information content (AvgIpc) is 3.23. The summed E-state index contributed by atoms with van der Waals surface area (Å²) in [5.74, 6) is 0. The SMILES string of the molecule is Cc1c(N/N=C(/C#N)c2nc3ccccc3s2)c(=O)n(-c2ccccc2)n1C. The molecule has 28 heavy (non-hydrogen) atoms. The zero-order valence-electron chi connectivity index (χ0n) is 15.2. The van der Waals surface area contributed by atoms with Crippen LogP contribution in [0.3, 0.4) is 0 Å². The van der Waals surface area contributed by atoms with Crippen molar-refractivity contribution < 1.29 is 0 Å². The highest BCUT2D eigenvalue weighted by Crippen LogP contribution is 2.22. The molecule has 4 rings (SSSR count). The van der Waals surface area contributed by atoms with Crippen molar-refractivity contribution in [3.63, 3.8) is 0 Å². The molecule has 2 heterocycles. The van der Waals surface area contributed by atoms with Crippen molar-refractivity contribution in [1.29, 1.82) is 5.26 Å². The molecule has 0 spiro atoms. The van der Waals surface area contributed by atoms with Crippen molar-refractivity contribution in [2.45, 2.75) is 6.92 Å². The quantitative estimate of drug-likeness (QED) is 0.428. The molecule has 2 aromatic heterocycles. The van der Waals surface area contributed by atoms with Crippen LogP contribution in [0.2, 0.25) is 0 Å². The highest BCUT2D eigenvalue weighted by molar-refractivity contribution is 7.20. The predicted molar refractivity (Wildman–Crippen MR) is 111 cm³/mol. The zero-order chi connectivity index (χ0) is 19.7. The number of hydrogen-bond donors (Lipinski definition) is 1. The van der Waals surface area contributed by atoms with E-state index in [1.54, 1.807) is 16.4 Å². The van der Waals surface area contributed by atoms with Crippen molar-refractivity contribution in [3.05, 3.63) is 75.7 Å². The van der Waals surface area contributed by atoms with Crippen LogP contribution in [-0.4, -0.2) is 20.1 Å². The largest absolute Gasteiger partial charge is 0.296 e. The molecule has 0 bridgehead atoms. The molecule has 2 aromatic carbocycles. The first-order valence-electron chi connectivity index (χ1n) is 8.54. The average molecular weight is 388 g/mol. The number of hydrogen-bond acceptors (Lipinski definition) is 6. The summed E-state index contributed by atoms with van der Waals surface area (Å²) < 4.78 is 4.28. The number of nitriles is 1. The summed E-state index contributed by atoms with van der Waals surface area (Å²) >= 11 is 1.39. The molecule has 0 saturated heterocycles. The number of thiazole rings is 1. The van der Waals surface area contributed by atoms with Gasteiger partial charge in [0.15, 0.2) is 10.7 Å². The van der Waals surface area contributed by atoms with Crippen LogP contribution in [0.15, 0.2) is 64.5 Å². The van der Waals surface area contributed by atoms with Gasteiger partial charge in [0.2, 0.25) is 0 Å². The first-order valence-corrected chi connectivity index (χ1v) is 9.35. The van der Waals surface area contributed by atoms with Crippen LogP contribution < -0.4 is 11.0 Å². The van der Waals surface area contributed by atoms with Crippen molar-refractivity contribution in [2.24, 2.45) is 12.1 Å². The molecule has 0 atom stereocenters. The maximum absolute atomic E-state index is 12.9. The Morgan fingerprint density at radius 3 is 2.61 bits per heavy atom. The topological polar surface area (TPSA) is 88.0 Å². The van der Waals surface area contributed by atoms with E-state index in [1.807, 2.05) is 61.5 Å². The molecule has 0 saturated carbocycles. The Labute approximate surface area is 164 Å². The van der Waals surface area contributed by atoms with E-state index in [0.29, 0.717) is 16.4 Å². The smallest absolute Gasteiger partial charge is 0.283 e. The second-order valence-electron chi connectivity index (χ2n) is 6.11. The van der Waals surface area contributed by atoms with Crippen LogP contribution in [0.1, 0.15) is 10.7 Å². The summed E-state index contributed by atoms with van der Waals surface area (Å²) in [6.07, 6.45) is 0. The predicted octanol–water partition coefficient (Wildman–Crippen LogP) is 3.43. The van der Waals surface area contributed by atoms with E-state index in [0.717, 1.165) is 15.9 Å². The Balaban J connectivity index is 1.72. The Morgan fingerprint density at radius 2 is 1.89 bits per heavy atom. The van der Waals surface area contributed by atoms with Gasteiger partial charge in [0.05, 0.1) is 21.6 Å². The van der Waals surface area contributed by atoms with Gasteiger partial charge in [-0.25, -0.2) is 9.67 Å². The minimum absolute atomic E-state index is 0.134. The maximum atomic E-state index is 12.9. The number of aromatic nitrogens is 3. The number of rotatable bonds is 4. The number of benzene rings is 2. The van der Waals surface area contributed by atoms with Crippen molar-refractivity contribution in [3.8, 4) is 11.8 Å². The lowest BCUT2D eigenvalue weighted by Crippen LogP contribution is -2.20. The maximum Gasteiger partial charge on any atom is 0.296 e. The summed E-state index contributed by atoms with van der Waals surface area (Å²) in [5, 5.41) is 14.2. The van der Waals surface area contributed by atoms with Crippen LogP contribution in [0.25, 0.3) is 15.9 Å². The molecule has 0 aliphatic heterocycles. The van der Waals surface area contributed by atoms with Gasteiger partial charge in [0.25, 0.3) is 5.56 Å². The molecule has 0 radical (unpaired) electrons. The fourth-order valence-corrected chi connectivity index (χ4v) is 3.81. The molecule has 0 fully saturated rings. The lowest BCUT2D eigenvalue weighted by atomic mass is 10.3. The number of anilines is 1. The number of nitrogens with one attached hydrogen (secondary N) is 1. The van der Waals surface area contributed by atoms with Gasteiger partial charge in [-0.15, -0.1) is 11.3 Å². The molecule has 7 nitrogen and oxygen atoms in total. The Kier molecular flexibility index (Phi) is 4.51. The van der Waals surface area contributed by atoms with Crippen molar-refractivity contribution in [2.75, 3.05) is 5.43 Å². The molecule has 4 aromatic rings. The third-order valence-electron chi connectivity index (χ3n) is 4.44. The van der Waals surface area contributed by atoms with Gasteiger partial charge in [0.1, 0.15) is 11.8 Å². The normalized spacial score (nSPS) is 11.5. The van der Waals surface area contributed by atoms with E-state index in [1.165, 1.54) is 11.3 Å². The van der Waals surface area contributed by atoms with Gasteiger partial charge < -0.3 is 0 Å². The Morgan fingerprint density at radius 1 is 1.18 bits per heavy atom. The van der Waals surface area contributed by atoms with Gasteiger partial charge in [0, 0.05) is 7.05 Å². The molecule has 0 unspecified atom stereocenters. The van der Waals surface area contributed by atoms with Gasteiger partial charge >= 0.3 is 0 Å². The number of nitrogens with zero attached hydrogens (tertiary/aromatic N) is 5. The Hall–Kier alpha value is -3.70. The van der Waals surface area contributed by atoms with Gasteiger partial charge in [-0.3, -0.25) is 14.9 Å². The number of para-hydroxylation sites is 2. The highest BCUT2D eigenvalue weighted by Gasteiger charge is 2.17. The molecular weight excluding hydrogens is 372 g/mol. The highest BCUT2D eigenvalue weighted by atomic mass is 32.1. The third-order valence-corrected chi connectivity index (χ3v) is 5.48. The van der Waals surface area contributed by atoms with E-state index in [-0.39, 0.29) is 11.3 Å². The van der Waals surface area contributed by atoms with E-state index in [2.05, 4.69) is 21.6 Å². The van der Waals surface area contributed by atoms with Crippen molar-refractivity contribution in [1.82, 2.24) is 14.3 Å². The van der Waals surface area contributed by atoms with Crippen LogP contribution >= 0.6 is 11.3 Å². The summed E-state index contributed by atoms with van der Waals surface area (Å²) in [7, 11) is 1.80. The summed E-state index contributed by atoms with van der Waals surface area (Å²) in [4.78, 5) is 17.4. The standard InChI is InChI=1S/C20H16N6OS/c1-13-18(20(27)26(25(13)2)14-8-4-3-5-9-14)24-23-16(12-21)19-22-15-10-6-7-11-17(15)28-19/h3-11,24H,1-2H3/b23-16-. The second kappa shape index (κ2) is 7.13. The van der Waals surface area contributed by atoms with Crippen molar-refractivity contribution >= 4 is 33.0 Å². The van der Waals surface area contributed by atoms with Gasteiger partial charge in [-0.1, -0.05) is 30.3 Å².